The van der Waals surface area contributed by atoms with Crippen LogP contribution in [0.1, 0.15) is 88.8 Å². The number of ketones is 2. The van der Waals surface area contributed by atoms with E-state index in [4.69, 9.17) is 19.6 Å². The highest BCUT2D eigenvalue weighted by Gasteiger charge is 2.32. The number of pyridine rings is 1. The van der Waals surface area contributed by atoms with E-state index in [1.165, 1.54) is 29.2 Å². The van der Waals surface area contributed by atoms with E-state index in [2.05, 4.69) is 20.4 Å². The third-order valence-corrected chi connectivity index (χ3v) is 10.9. The minimum absolute atomic E-state index is 0.000790. The molecule has 6 aromatic rings. The number of ether oxygens (including phenoxy) is 2. The maximum Gasteiger partial charge on any atom is 0.389 e. The lowest BCUT2D eigenvalue weighted by molar-refractivity contribution is -0.134. The molecule has 0 bridgehead atoms. The Morgan fingerprint density at radius 3 is 2.45 bits per heavy atom. The van der Waals surface area contributed by atoms with Gasteiger partial charge in [-0.1, -0.05) is 24.3 Å². The van der Waals surface area contributed by atoms with Crippen LogP contribution in [0, 0.1) is 0 Å². The SMILES string of the molecule is Cn1c(=O)n([C@@H]2CCC(=O)CC2=O)c2cccc(CCCOCCOCCCCc3ccc(-n4cc(NC(=O)c5coc(-c6ccnc(CCC(F)(F)F)c6)n5)c(C(N)=O)n4)cc3)c21. The van der Waals surface area contributed by atoms with Gasteiger partial charge in [0.2, 0.25) is 5.89 Å². The zero-order valence-electron chi connectivity index (χ0n) is 35.1. The first-order valence-electron chi connectivity index (χ1n) is 20.9. The summed E-state index contributed by atoms with van der Waals surface area (Å²) < 4.78 is 59.6. The number of primary amides is 1. The zero-order chi connectivity index (χ0) is 45.4. The Morgan fingerprint density at radius 1 is 0.953 bits per heavy atom. The fraction of sp³-hybridized carbons (Fsp3) is 0.378. The van der Waals surface area contributed by atoms with Crippen molar-refractivity contribution >= 4 is 40.1 Å². The van der Waals surface area contributed by atoms with Crippen LogP contribution in [-0.2, 0) is 45.4 Å². The highest BCUT2D eigenvalue weighted by molar-refractivity contribution is 6.07. The van der Waals surface area contributed by atoms with E-state index < -0.39 is 30.5 Å². The number of nitrogens with one attached hydrogen (secondary N) is 1. The number of anilines is 1. The molecule has 0 aliphatic heterocycles. The monoisotopic (exact) mass is 884 g/mol. The van der Waals surface area contributed by atoms with Gasteiger partial charge in [0.05, 0.1) is 54.3 Å². The van der Waals surface area contributed by atoms with Crippen LogP contribution in [0.4, 0.5) is 18.9 Å². The number of nitrogens with two attached hydrogens (primary N) is 1. The van der Waals surface area contributed by atoms with Gasteiger partial charge < -0.3 is 24.9 Å². The van der Waals surface area contributed by atoms with Gasteiger partial charge in [-0.15, -0.1) is 0 Å². The van der Waals surface area contributed by atoms with Crippen LogP contribution in [0.15, 0.2) is 82.5 Å². The van der Waals surface area contributed by atoms with Gasteiger partial charge >= 0.3 is 11.9 Å². The summed E-state index contributed by atoms with van der Waals surface area (Å²) in [4.78, 5) is 71.1. The highest BCUT2D eigenvalue weighted by Crippen LogP contribution is 2.29. The molecule has 1 aliphatic rings. The van der Waals surface area contributed by atoms with Crippen molar-refractivity contribution in [1.29, 1.82) is 0 Å². The molecular weight excluding hydrogens is 838 g/mol. The van der Waals surface area contributed by atoms with Gasteiger partial charge in [-0.2, -0.15) is 18.3 Å². The number of aryl methyl sites for hydroxylation is 4. The standard InChI is InChI=1S/C45H47F3N8O8/c1-54-40-29(7-4-9-37(40)56(44(54)61)36-15-14-33(57)25-38(36)58)8-5-21-63-23-22-62-20-3-2-6-28-10-12-32(13-11-28)55-26-34(39(53-55)41(49)59)51-42(60)35-27-64-43(52-35)30-17-19-50-31(24-30)16-18-45(46,47)48/h4,7,9-13,17,19,24,26-27,36H,2-3,5-6,8,14-16,18,20-23,25H2,1H3,(H2,49,59)(H,51,60)/t36-/m1/s1. The summed E-state index contributed by atoms with van der Waals surface area (Å²) in [5, 5.41) is 6.85. The minimum atomic E-state index is -4.33. The summed E-state index contributed by atoms with van der Waals surface area (Å²) in [5.41, 5.74) is 9.75. The molecule has 2 aromatic carbocycles. The van der Waals surface area contributed by atoms with Crippen LogP contribution in [-0.4, -0.2) is 84.9 Å². The molecule has 64 heavy (non-hydrogen) atoms. The number of carbonyl (C=O) groups is 4. The molecule has 4 aromatic heterocycles. The van der Waals surface area contributed by atoms with Gasteiger partial charge in [-0.3, -0.25) is 33.3 Å². The number of benzene rings is 2. The zero-order valence-corrected chi connectivity index (χ0v) is 35.1. The number of oxazole rings is 1. The average Bonchev–Trinajstić information content (AvgIpc) is 4.00. The lowest BCUT2D eigenvalue weighted by atomic mass is 9.92. The smallest absolute Gasteiger partial charge is 0.389 e. The van der Waals surface area contributed by atoms with Crippen LogP contribution in [0.5, 0.6) is 0 Å². The number of fused-ring (bicyclic) bond motifs is 1. The number of imidazole rings is 1. The fourth-order valence-electron chi connectivity index (χ4n) is 7.68. The molecule has 1 saturated carbocycles. The number of nitrogens with zero attached hydrogens (tertiary/aromatic N) is 6. The molecule has 0 saturated heterocycles. The van der Waals surface area contributed by atoms with E-state index >= 15 is 0 Å². The van der Waals surface area contributed by atoms with Gasteiger partial charge in [0.25, 0.3) is 11.8 Å². The fourth-order valence-corrected chi connectivity index (χ4v) is 7.68. The number of aromatic nitrogens is 6. The van der Waals surface area contributed by atoms with Crippen molar-refractivity contribution in [2.75, 3.05) is 31.7 Å². The topological polar surface area (TPSA) is 208 Å². The summed E-state index contributed by atoms with van der Waals surface area (Å²) in [5.74, 6) is -1.89. The number of para-hydroxylation sites is 1. The molecule has 0 spiro atoms. The van der Waals surface area contributed by atoms with Crippen LogP contribution in [0.3, 0.4) is 0 Å². The van der Waals surface area contributed by atoms with Gasteiger partial charge in [-0.05, 0) is 86.4 Å². The van der Waals surface area contributed by atoms with E-state index in [9.17, 15) is 37.1 Å². The van der Waals surface area contributed by atoms with E-state index in [1.54, 1.807) is 16.2 Å². The lowest BCUT2D eigenvalue weighted by Crippen LogP contribution is -2.34. The Morgan fingerprint density at radius 2 is 1.72 bits per heavy atom. The van der Waals surface area contributed by atoms with Crippen LogP contribution < -0.4 is 16.7 Å². The second-order valence-corrected chi connectivity index (χ2v) is 15.5. The number of alkyl halides is 3. The molecule has 16 nitrogen and oxygen atoms in total. The maximum atomic E-state index is 13.2. The first-order chi connectivity index (χ1) is 30.8. The summed E-state index contributed by atoms with van der Waals surface area (Å²) >= 11 is 0. The van der Waals surface area contributed by atoms with Crippen molar-refractivity contribution in [2.45, 2.75) is 76.4 Å². The Labute approximate surface area is 364 Å². The van der Waals surface area contributed by atoms with Crippen molar-refractivity contribution in [3.8, 4) is 17.1 Å². The van der Waals surface area contributed by atoms with E-state index in [0.29, 0.717) is 62.5 Å². The van der Waals surface area contributed by atoms with Crippen molar-refractivity contribution < 1.29 is 46.2 Å². The number of hydrogen-bond donors (Lipinski definition) is 2. The molecule has 4 heterocycles. The molecule has 1 aliphatic carbocycles. The van der Waals surface area contributed by atoms with E-state index in [1.807, 2.05) is 42.5 Å². The maximum absolute atomic E-state index is 13.2. The van der Waals surface area contributed by atoms with Crippen molar-refractivity contribution in [2.24, 2.45) is 12.8 Å². The quantitative estimate of drug-likeness (QED) is 0.0645. The second kappa shape index (κ2) is 20.2. The highest BCUT2D eigenvalue weighted by atomic mass is 19.4. The van der Waals surface area contributed by atoms with Crippen LogP contribution >= 0.6 is 0 Å². The first-order valence-corrected chi connectivity index (χ1v) is 20.9. The summed E-state index contributed by atoms with van der Waals surface area (Å²) in [6, 6.07) is 15.5. The number of carbonyl (C=O) groups excluding carboxylic acids is 4. The number of rotatable bonds is 20. The summed E-state index contributed by atoms with van der Waals surface area (Å²) in [6.07, 6.45) is 2.65. The molecule has 0 unspecified atom stereocenters. The molecule has 3 N–H and O–H groups in total. The average molecular weight is 885 g/mol. The van der Waals surface area contributed by atoms with Gasteiger partial charge in [0, 0.05) is 50.6 Å². The third kappa shape index (κ3) is 11.1. The predicted molar refractivity (Wildman–Crippen MR) is 227 cm³/mol. The lowest BCUT2D eigenvalue weighted by Gasteiger charge is -2.21. The van der Waals surface area contributed by atoms with Crippen molar-refractivity contribution in [1.82, 2.24) is 28.9 Å². The minimum Gasteiger partial charge on any atom is -0.444 e. The number of amides is 2. The summed E-state index contributed by atoms with van der Waals surface area (Å²) in [7, 11) is 1.71. The molecule has 0 radical (unpaired) electrons. The largest absolute Gasteiger partial charge is 0.444 e. The molecule has 336 valence electrons. The Balaban J connectivity index is 0.813. The Hall–Kier alpha value is -6.73. The Bertz CT molecular complexity index is 2700. The van der Waals surface area contributed by atoms with Gasteiger partial charge in [0.1, 0.15) is 12.0 Å². The molecule has 1 fully saturated rings. The van der Waals surface area contributed by atoms with Crippen molar-refractivity contribution in [3.63, 3.8) is 0 Å². The molecule has 19 heteroatoms. The first kappa shape index (κ1) is 45.3. The second-order valence-electron chi connectivity index (χ2n) is 15.5. The molecule has 1 atom stereocenters. The molecule has 7 rings (SSSR count). The summed E-state index contributed by atoms with van der Waals surface area (Å²) in [6.45, 7) is 2.01. The van der Waals surface area contributed by atoms with Crippen molar-refractivity contribution in [3.05, 3.63) is 112 Å². The third-order valence-electron chi connectivity index (χ3n) is 10.9. The normalized spacial score (nSPS) is 14.4. The van der Waals surface area contributed by atoms with E-state index in [-0.39, 0.29) is 58.8 Å². The van der Waals surface area contributed by atoms with Gasteiger partial charge in [-0.25, -0.2) is 14.5 Å². The molecular formula is C45H47F3N8O8. The van der Waals surface area contributed by atoms with Gasteiger partial charge in [0.15, 0.2) is 17.2 Å². The number of unbranched alkanes of at least 4 members (excludes halogenated alkanes) is 1. The number of halogens is 3. The van der Waals surface area contributed by atoms with Crippen LogP contribution in [0.2, 0.25) is 0 Å². The number of hydrogen-bond acceptors (Lipinski definition) is 11. The molecule has 2 amide bonds. The number of Topliss-reactive ketones (excluding diaryl/α,β-unsaturated/α-hetero) is 2. The van der Waals surface area contributed by atoms with Crippen LogP contribution in [0.25, 0.3) is 28.2 Å². The predicted octanol–water partition coefficient (Wildman–Crippen LogP) is 6.27. The Kier molecular flexibility index (Phi) is 14.3. The van der Waals surface area contributed by atoms with E-state index in [0.717, 1.165) is 48.6 Å².